The fraction of sp³-hybridized carbons (Fsp3) is 0.846. The molecule has 0 aliphatic heterocycles. The van der Waals surface area contributed by atoms with Crippen LogP contribution in [0.1, 0.15) is 105 Å². The Morgan fingerprint density at radius 1 is 1.14 bits per heavy atom. The molecule has 0 radical (unpaired) electrons. The van der Waals surface area contributed by atoms with Crippen LogP contribution in [0.15, 0.2) is 23.3 Å². The molecule has 3 saturated carbocycles. The Morgan fingerprint density at radius 3 is 2.64 bits per heavy atom. The number of hydrogen-bond donors (Lipinski definition) is 2. The van der Waals surface area contributed by atoms with E-state index in [4.69, 9.17) is 0 Å². The van der Waals surface area contributed by atoms with E-state index in [2.05, 4.69) is 26.0 Å². The molecule has 160 valence electrons. The highest BCUT2D eigenvalue weighted by atomic mass is 16.3. The summed E-state index contributed by atoms with van der Waals surface area (Å²) in [7, 11) is 0. The summed E-state index contributed by atoms with van der Waals surface area (Å²) in [6.07, 6.45) is 18.9. The molecular formula is C26H44O2. The van der Waals surface area contributed by atoms with Crippen molar-refractivity contribution in [1.82, 2.24) is 0 Å². The SMILES string of the molecule is C[C@H](CCCC(C)(C)O)[C@H]1CC[C@H]2/C(=C/C=C3\CCC[C@H](O)C3)CCC[C@]12C. The molecule has 0 saturated heterocycles. The van der Waals surface area contributed by atoms with Crippen LogP contribution in [0, 0.1) is 23.2 Å². The Hall–Kier alpha value is -0.600. The second kappa shape index (κ2) is 9.04. The van der Waals surface area contributed by atoms with Gasteiger partial charge in [-0.25, -0.2) is 0 Å². The van der Waals surface area contributed by atoms with Crippen LogP contribution < -0.4 is 0 Å². The highest BCUT2D eigenvalue weighted by molar-refractivity contribution is 5.25. The van der Waals surface area contributed by atoms with E-state index in [1.54, 1.807) is 5.57 Å². The first kappa shape index (κ1) is 22.1. The molecule has 3 rings (SSSR count). The van der Waals surface area contributed by atoms with Crippen LogP contribution in [0.25, 0.3) is 0 Å². The maximum Gasteiger partial charge on any atom is 0.0591 e. The third kappa shape index (κ3) is 5.30. The lowest BCUT2D eigenvalue weighted by atomic mass is 9.60. The molecule has 5 atom stereocenters. The highest BCUT2D eigenvalue weighted by Gasteiger charge is 2.50. The predicted octanol–water partition coefficient (Wildman–Crippen LogP) is 6.57. The van der Waals surface area contributed by atoms with Crippen molar-refractivity contribution < 1.29 is 10.2 Å². The minimum absolute atomic E-state index is 0.115. The lowest BCUT2D eigenvalue weighted by Crippen LogP contribution is -2.36. The molecule has 2 N–H and O–H groups in total. The van der Waals surface area contributed by atoms with E-state index in [0.717, 1.165) is 49.9 Å². The summed E-state index contributed by atoms with van der Waals surface area (Å²) in [4.78, 5) is 0. The number of aliphatic hydroxyl groups is 2. The highest BCUT2D eigenvalue weighted by Crippen LogP contribution is 2.59. The average Bonchev–Trinajstić information content (AvgIpc) is 2.96. The molecule has 0 bridgehead atoms. The molecule has 2 nitrogen and oxygen atoms in total. The molecule has 0 amide bonds. The molecule has 3 aliphatic rings. The van der Waals surface area contributed by atoms with Crippen molar-refractivity contribution in [3.05, 3.63) is 23.3 Å². The first-order valence-electron chi connectivity index (χ1n) is 12.0. The van der Waals surface area contributed by atoms with Gasteiger partial charge in [0.15, 0.2) is 0 Å². The van der Waals surface area contributed by atoms with Crippen molar-refractivity contribution in [3.8, 4) is 0 Å². The molecule has 3 fully saturated rings. The average molecular weight is 389 g/mol. The van der Waals surface area contributed by atoms with Crippen molar-refractivity contribution in [1.29, 1.82) is 0 Å². The summed E-state index contributed by atoms with van der Waals surface area (Å²) >= 11 is 0. The van der Waals surface area contributed by atoms with E-state index >= 15 is 0 Å². The van der Waals surface area contributed by atoms with E-state index in [1.807, 2.05) is 13.8 Å². The zero-order valence-corrected chi connectivity index (χ0v) is 18.8. The summed E-state index contributed by atoms with van der Waals surface area (Å²) in [5.74, 6) is 2.34. The van der Waals surface area contributed by atoms with Crippen LogP contribution >= 0.6 is 0 Å². The fourth-order valence-corrected chi connectivity index (χ4v) is 6.72. The summed E-state index contributed by atoms with van der Waals surface area (Å²) in [5.41, 5.74) is 3.08. The Bertz CT molecular complexity index is 582. The van der Waals surface area contributed by atoms with Gasteiger partial charge < -0.3 is 10.2 Å². The fourth-order valence-electron chi connectivity index (χ4n) is 6.72. The molecule has 0 heterocycles. The van der Waals surface area contributed by atoms with Crippen LogP contribution in [-0.4, -0.2) is 21.9 Å². The van der Waals surface area contributed by atoms with Crippen LogP contribution in [-0.2, 0) is 0 Å². The molecule has 0 aromatic rings. The smallest absolute Gasteiger partial charge is 0.0591 e. The van der Waals surface area contributed by atoms with Crippen LogP contribution in [0.2, 0.25) is 0 Å². The Labute approximate surface area is 173 Å². The van der Waals surface area contributed by atoms with Gasteiger partial charge in [-0.2, -0.15) is 0 Å². The van der Waals surface area contributed by atoms with Gasteiger partial charge in [0, 0.05) is 0 Å². The largest absolute Gasteiger partial charge is 0.393 e. The molecule has 0 unspecified atom stereocenters. The molecular weight excluding hydrogens is 344 g/mol. The number of aliphatic hydroxyl groups excluding tert-OH is 1. The number of rotatable bonds is 6. The van der Waals surface area contributed by atoms with Gasteiger partial charge in [-0.05, 0) is 101 Å². The maximum absolute atomic E-state index is 10.0. The van der Waals surface area contributed by atoms with E-state index in [-0.39, 0.29) is 6.10 Å². The minimum Gasteiger partial charge on any atom is -0.393 e. The van der Waals surface area contributed by atoms with Gasteiger partial charge >= 0.3 is 0 Å². The molecule has 0 spiro atoms. The lowest BCUT2D eigenvalue weighted by molar-refractivity contribution is 0.0596. The van der Waals surface area contributed by atoms with Crippen LogP contribution in [0.5, 0.6) is 0 Å². The predicted molar refractivity (Wildman–Crippen MR) is 118 cm³/mol. The minimum atomic E-state index is -0.525. The van der Waals surface area contributed by atoms with Crippen LogP contribution in [0.4, 0.5) is 0 Å². The topological polar surface area (TPSA) is 40.5 Å². The molecule has 2 heteroatoms. The summed E-state index contributed by atoms with van der Waals surface area (Å²) in [6, 6.07) is 0. The summed E-state index contributed by atoms with van der Waals surface area (Å²) < 4.78 is 0. The second-order valence-corrected chi connectivity index (χ2v) is 11.1. The maximum atomic E-state index is 10.0. The monoisotopic (exact) mass is 388 g/mol. The van der Waals surface area contributed by atoms with Crippen molar-refractivity contribution in [2.24, 2.45) is 23.2 Å². The second-order valence-electron chi connectivity index (χ2n) is 11.1. The Balaban J connectivity index is 1.65. The zero-order chi connectivity index (χ0) is 20.4. The number of hydrogen-bond acceptors (Lipinski definition) is 2. The third-order valence-corrected chi connectivity index (χ3v) is 8.24. The lowest BCUT2D eigenvalue weighted by Gasteiger charge is -2.44. The zero-order valence-electron chi connectivity index (χ0n) is 18.8. The van der Waals surface area contributed by atoms with Gasteiger partial charge in [0.25, 0.3) is 0 Å². The van der Waals surface area contributed by atoms with Gasteiger partial charge in [0.2, 0.25) is 0 Å². The van der Waals surface area contributed by atoms with Gasteiger partial charge in [-0.3, -0.25) is 0 Å². The van der Waals surface area contributed by atoms with Gasteiger partial charge in [-0.15, -0.1) is 0 Å². The summed E-state index contributed by atoms with van der Waals surface area (Å²) in [6.45, 7) is 8.91. The van der Waals surface area contributed by atoms with Crippen molar-refractivity contribution in [3.63, 3.8) is 0 Å². The third-order valence-electron chi connectivity index (χ3n) is 8.24. The number of allylic oxidation sites excluding steroid dienone is 3. The van der Waals surface area contributed by atoms with Crippen molar-refractivity contribution in [2.75, 3.05) is 0 Å². The Morgan fingerprint density at radius 2 is 1.93 bits per heavy atom. The molecule has 0 aromatic heterocycles. The first-order valence-corrected chi connectivity index (χ1v) is 12.0. The van der Waals surface area contributed by atoms with Gasteiger partial charge in [0.05, 0.1) is 11.7 Å². The summed E-state index contributed by atoms with van der Waals surface area (Å²) in [5, 5.41) is 20.0. The van der Waals surface area contributed by atoms with Crippen LogP contribution in [0.3, 0.4) is 0 Å². The number of fused-ring (bicyclic) bond motifs is 1. The molecule has 0 aromatic carbocycles. The van der Waals surface area contributed by atoms with E-state index in [9.17, 15) is 10.2 Å². The quantitative estimate of drug-likeness (QED) is 0.540. The van der Waals surface area contributed by atoms with Crippen molar-refractivity contribution >= 4 is 0 Å². The van der Waals surface area contributed by atoms with Gasteiger partial charge in [-0.1, -0.05) is 50.0 Å². The van der Waals surface area contributed by atoms with E-state index < -0.39 is 5.60 Å². The Kier molecular flexibility index (Phi) is 7.14. The van der Waals surface area contributed by atoms with E-state index in [1.165, 1.54) is 50.5 Å². The van der Waals surface area contributed by atoms with Crippen molar-refractivity contribution in [2.45, 2.75) is 116 Å². The molecule has 28 heavy (non-hydrogen) atoms. The van der Waals surface area contributed by atoms with Gasteiger partial charge in [0.1, 0.15) is 0 Å². The normalized spacial score (nSPS) is 38.0. The van der Waals surface area contributed by atoms with E-state index in [0.29, 0.717) is 5.41 Å². The molecule has 3 aliphatic carbocycles. The standard InChI is InChI=1S/C26H44O2/c1-19(8-6-16-25(2,3)28)23-14-15-24-21(10-7-17-26(23,24)4)13-12-20-9-5-11-22(27)18-20/h12-13,19,22-24,27-28H,5-11,14-18H2,1-4H3/b20-12+,21-13+/t19-,22+,23-,24+,26-/m1/s1. The first-order chi connectivity index (χ1) is 13.2.